The second-order valence-electron chi connectivity index (χ2n) is 23.1. The molecule has 3 aromatic carbocycles. The number of nitrogens with one attached hydrogen (secondary N) is 3. The molecule has 0 spiro atoms. The first kappa shape index (κ1) is 57.3. The Morgan fingerprint density at radius 2 is 1.67 bits per heavy atom. The molecule has 2 unspecified atom stereocenters. The molecule has 21 heteroatoms. The lowest BCUT2D eigenvalue weighted by molar-refractivity contribution is -0.144. The van der Waals surface area contributed by atoms with Crippen LogP contribution in [0.4, 0.5) is 14.6 Å². The number of anilines is 1. The maximum absolute atomic E-state index is 17.1. The number of carbonyl (C=O) groups excluding carboxylic acids is 4. The van der Waals surface area contributed by atoms with Gasteiger partial charge in [-0.15, -0.1) is 11.3 Å². The van der Waals surface area contributed by atoms with Crippen LogP contribution in [0.5, 0.6) is 11.8 Å². The number of rotatable bonds is 19. The third-order valence-corrected chi connectivity index (χ3v) is 17.2. The number of amides is 4. The van der Waals surface area contributed by atoms with E-state index in [1.807, 2.05) is 69.3 Å². The van der Waals surface area contributed by atoms with Crippen LogP contribution in [0.15, 0.2) is 60.2 Å². The van der Waals surface area contributed by atoms with Crippen molar-refractivity contribution in [2.75, 3.05) is 63.9 Å². The van der Waals surface area contributed by atoms with Crippen LogP contribution in [-0.2, 0) is 32.1 Å². The van der Waals surface area contributed by atoms with E-state index in [1.165, 1.54) is 23.1 Å². The van der Waals surface area contributed by atoms with E-state index in [2.05, 4.69) is 40.7 Å². The number of fused-ring (bicyclic) bond motifs is 4. The van der Waals surface area contributed by atoms with Gasteiger partial charge in [-0.2, -0.15) is 9.97 Å². The van der Waals surface area contributed by atoms with Gasteiger partial charge in [0.2, 0.25) is 23.6 Å². The zero-order valence-corrected chi connectivity index (χ0v) is 47.6. The summed E-state index contributed by atoms with van der Waals surface area (Å²) in [4.78, 5) is 81.5. The molecular weight excluding hydrogens is 1060 g/mol. The number of nitrogens with zero attached hydrogens (tertiary/aromatic N) is 8. The van der Waals surface area contributed by atoms with Crippen LogP contribution < -0.4 is 25.6 Å². The minimum atomic E-state index is -0.949. The molecule has 10 rings (SSSR count). The SMILES string of the molecule is CCc1c(F)ccc2cc(O)cc(-c3ncc4c(N5CC6CCC(C5)N6)nc(OCCCN5CCN(C(=O)CCCCC(=O)N[C@H](C(=O)N6C[C@H](O)C[C@H]6C(=O)NCc6ccc(-c7scnc7C)cc6)C(C)(C)C)CC5)nc4c3F)c12. The van der Waals surface area contributed by atoms with E-state index in [4.69, 9.17) is 9.72 Å². The van der Waals surface area contributed by atoms with Crippen molar-refractivity contribution in [1.29, 1.82) is 0 Å². The third-order valence-electron chi connectivity index (χ3n) is 16.3. The number of ether oxygens (including phenoxy) is 1. The van der Waals surface area contributed by atoms with Gasteiger partial charge in [0.05, 0.1) is 34.2 Å². The summed E-state index contributed by atoms with van der Waals surface area (Å²) in [6.45, 7) is 14.3. The zero-order valence-electron chi connectivity index (χ0n) is 46.8. The van der Waals surface area contributed by atoms with Crippen molar-refractivity contribution in [2.24, 2.45) is 5.41 Å². The molecule has 18 nitrogen and oxygen atoms in total. The first-order valence-electron chi connectivity index (χ1n) is 28.4. The average molecular weight is 1130 g/mol. The largest absolute Gasteiger partial charge is 0.508 e. The predicted molar refractivity (Wildman–Crippen MR) is 307 cm³/mol. The molecule has 2 bridgehead atoms. The molecule has 5 N–H and O–H groups in total. The maximum Gasteiger partial charge on any atom is 0.319 e. The lowest BCUT2D eigenvalue weighted by Gasteiger charge is -2.35. The van der Waals surface area contributed by atoms with Gasteiger partial charge in [0.25, 0.3) is 0 Å². The van der Waals surface area contributed by atoms with Crippen LogP contribution in [-0.4, -0.2) is 158 Å². The van der Waals surface area contributed by atoms with E-state index in [-0.39, 0.29) is 97.3 Å². The van der Waals surface area contributed by atoms with Crippen molar-refractivity contribution in [3.8, 4) is 33.5 Å². The molecule has 4 aliphatic heterocycles. The molecule has 0 radical (unpaired) electrons. The number of likely N-dealkylation sites (tertiary alicyclic amines) is 1. The van der Waals surface area contributed by atoms with Crippen molar-refractivity contribution < 1.29 is 42.9 Å². The Labute approximate surface area is 474 Å². The number of phenolic OH excluding ortho intramolecular Hbond substituents is 1. The van der Waals surface area contributed by atoms with E-state index < -0.39 is 41.1 Å². The van der Waals surface area contributed by atoms with Crippen molar-refractivity contribution in [1.82, 2.24) is 50.6 Å². The molecule has 4 saturated heterocycles. The molecule has 3 aromatic heterocycles. The molecule has 5 atom stereocenters. The molecule has 4 aliphatic rings. The van der Waals surface area contributed by atoms with Crippen molar-refractivity contribution >= 4 is 62.5 Å². The number of aryl methyl sites for hydroxylation is 2. The fraction of sp³-hybridized carbons (Fsp3) is 0.500. The minimum Gasteiger partial charge on any atom is -0.508 e. The first-order chi connectivity index (χ1) is 38.9. The monoisotopic (exact) mass is 1130 g/mol. The van der Waals surface area contributed by atoms with Gasteiger partial charge < -0.3 is 45.6 Å². The molecule has 7 heterocycles. The Balaban J connectivity index is 0.685. The lowest BCUT2D eigenvalue weighted by Crippen LogP contribution is -2.57. The van der Waals surface area contributed by atoms with Crippen LogP contribution in [0.3, 0.4) is 0 Å². The van der Waals surface area contributed by atoms with Crippen molar-refractivity contribution in [3.05, 3.63) is 88.7 Å². The number of halogens is 2. The quantitative estimate of drug-likeness (QED) is 0.0514. The van der Waals surface area contributed by atoms with Crippen molar-refractivity contribution in [3.63, 3.8) is 0 Å². The molecule has 4 fully saturated rings. The fourth-order valence-corrected chi connectivity index (χ4v) is 12.7. The van der Waals surface area contributed by atoms with Gasteiger partial charge in [-0.25, -0.2) is 13.8 Å². The number of phenols is 1. The Kier molecular flexibility index (Phi) is 17.4. The number of hydrogen-bond acceptors (Lipinski definition) is 15. The first-order valence-corrected chi connectivity index (χ1v) is 29.3. The molecule has 6 aromatic rings. The Bertz CT molecular complexity index is 3280. The number of aliphatic hydroxyl groups is 1. The second-order valence-corrected chi connectivity index (χ2v) is 24.0. The third kappa shape index (κ3) is 12.9. The highest BCUT2D eigenvalue weighted by Gasteiger charge is 2.44. The predicted octanol–water partition coefficient (Wildman–Crippen LogP) is 7.05. The van der Waals surface area contributed by atoms with Gasteiger partial charge in [-0.1, -0.05) is 58.0 Å². The molecule has 81 heavy (non-hydrogen) atoms. The number of aromatic nitrogens is 4. The van der Waals surface area contributed by atoms with Gasteiger partial charge in [0, 0.05) is 102 Å². The van der Waals surface area contributed by atoms with Gasteiger partial charge >= 0.3 is 6.01 Å². The van der Waals surface area contributed by atoms with Crippen LogP contribution in [0, 0.1) is 24.0 Å². The van der Waals surface area contributed by atoms with Gasteiger partial charge in [0.15, 0.2) is 5.82 Å². The van der Waals surface area contributed by atoms with Crippen molar-refractivity contribution in [2.45, 2.75) is 129 Å². The number of piperazine rings is 2. The Hall–Kier alpha value is -6.94. The van der Waals surface area contributed by atoms with Gasteiger partial charge in [-0.05, 0) is 96.5 Å². The van der Waals surface area contributed by atoms with E-state index >= 15 is 8.78 Å². The van der Waals surface area contributed by atoms with Crippen LogP contribution in [0.25, 0.3) is 43.4 Å². The van der Waals surface area contributed by atoms with Gasteiger partial charge in [-0.3, -0.25) is 29.1 Å². The number of aliphatic hydroxyl groups excluding tert-OH is 1. The summed E-state index contributed by atoms with van der Waals surface area (Å²) in [6.07, 6.45) is 5.14. The molecular formula is C60H73F2N11O7S. The van der Waals surface area contributed by atoms with Crippen LogP contribution in [0.2, 0.25) is 0 Å². The number of unbranched alkanes of at least 4 members (excludes halogenated alkanes) is 1. The number of aromatic hydroxyl groups is 1. The number of benzene rings is 3. The molecule has 0 saturated carbocycles. The number of thiazole rings is 1. The van der Waals surface area contributed by atoms with Gasteiger partial charge in [0.1, 0.15) is 40.7 Å². The summed E-state index contributed by atoms with van der Waals surface area (Å²) in [5.74, 6) is -1.82. The summed E-state index contributed by atoms with van der Waals surface area (Å²) in [5.41, 5.74) is 4.62. The molecule has 0 aliphatic carbocycles. The second kappa shape index (κ2) is 24.6. The normalized spacial score (nSPS) is 19.8. The van der Waals surface area contributed by atoms with E-state index in [0.29, 0.717) is 99.0 Å². The number of hydrogen-bond donors (Lipinski definition) is 5. The summed E-state index contributed by atoms with van der Waals surface area (Å²) in [5, 5.41) is 32.3. The number of β-amino-alcohol motifs (C(OH)–C–C–N with tert-alkyl or cyclic N) is 1. The topological polar surface area (TPSA) is 219 Å². The maximum atomic E-state index is 17.1. The highest BCUT2D eigenvalue weighted by molar-refractivity contribution is 7.13. The summed E-state index contributed by atoms with van der Waals surface area (Å²) >= 11 is 1.57. The minimum absolute atomic E-state index is 0.0173. The smallest absolute Gasteiger partial charge is 0.319 e. The Morgan fingerprint density at radius 1 is 0.926 bits per heavy atom. The summed E-state index contributed by atoms with van der Waals surface area (Å²) in [7, 11) is 0. The molecule has 4 amide bonds. The van der Waals surface area contributed by atoms with Crippen LogP contribution in [0.1, 0.15) is 95.9 Å². The summed E-state index contributed by atoms with van der Waals surface area (Å²) < 4.78 is 38.4. The van der Waals surface area contributed by atoms with E-state index in [9.17, 15) is 29.4 Å². The fourth-order valence-electron chi connectivity index (χ4n) is 11.9. The van der Waals surface area contributed by atoms with E-state index in [0.717, 1.165) is 34.5 Å². The highest BCUT2D eigenvalue weighted by atomic mass is 32.1. The van der Waals surface area contributed by atoms with E-state index in [1.54, 1.807) is 23.6 Å². The number of pyridine rings is 1. The lowest BCUT2D eigenvalue weighted by atomic mass is 9.85. The zero-order chi connectivity index (χ0) is 57.1. The molecule has 430 valence electrons. The number of carbonyl (C=O) groups is 4. The standard InChI is InChI=1S/C60H73F2N11O7S/c1-6-43-46(61)19-16-38-26-41(74)27-44(50(38)43)52-51(62)53-45(30-63-52)56(72-31-39-17-18-40(32-72)66-39)69-59(68-53)80-25-9-20-70-21-23-71(24-22-70)49(77)11-8-7-10-48(76)67-55(60(3,4)5)58(79)73-33-42(75)28-47(73)57(78)64-29-36-12-14-37(15-13-36)54-35(2)65-34-81-54/h12-16,19,26-27,30,34,39-40,42,47,55,66,74-75H,6-11,17-18,20-25,28-29,31-33H2,1-5H3,(H,64,78)(H,67,76)/t39?,40?,42-,47+,55-/m1/s1. The van der Waals surface area contributed by atoms with Crippen LogP contribution >= 0.6 is 11.3 Å². The highest BCUT2D eigenvalue weighted by Crippen LogP contribution is 2.40. The summed E-state index contributed by atoms with van der Waals surface area (Å²) in [6, 6.07) is 12.5. The average Bonchev–Trinajstić information content (AvgIpc) is 4.23. The Morgan fingerprint density at radius 3 is 2.37 bits per heavy atom.